The zero-order valence-electron chi connectivity index (χ0n) is 11.3. The van der Waals surface area contributed by atoms with E-state index in [1.54, 1.807) is 17.9 Å². The molecule has 0 spiro atoms. The van der Waals surface area contributed by atoms with Crippen molar-refractivity contribution in [3.63, 3.8) is 0 Å². The van der Waals surface area contributed by atoms with Crippen LogP contribution in [-0.4, -0.2) is 19.1 Å². The Morgan fingerprint density at radius 1 is 1.20 bits per heavy atom. The lowest BCUT2D eigenvalue weighted by Gasteiger charge is -2.08. The second kappa shape index (κ2) is 4.80. The molecular formula is C14H14N4O2. The number of hydrogen-bond acceptors (Lipinski definition) is 4. The fourth-order valence-corrected chi connectivity index (χ4v) is 2.04. The van der Waals surface area contributed by atoms with E-state index in [0.717, 1.165) is 5.56 Å². The van der Waals surface area contributed by atoms with Gasteiger partial charge < -0.3 is 9.30 Å². The second-order valence-corrected chi connectivity index (χ2v) is 4.56. The van der Waals surface area contributed by atoms with E-state index < -0.39 is 0 Å². The third-order valence-electron chi connectivity index (χ3n) is 3.14. The van der Waals surface area contributed by atoms with Crippen molar-refractivity contribution >= 4 is 11.2 Å². The van der Waals surface area contributed by atoms with Crippen LogP contribution in [0.2, 0.25) is 0 Å². The molecule has 3 aromatic rings. The molecule has 0 atom stereocenters. The molecule has 0 fully saturated rings. The lowest BCUT2D eigenvalue weighted by atomic mass is 10.2. The quantitative estimate of drug-likeness (QED) is 0.718. The highest BCUT2D eigenvalue weighted by Gasteiger charge is 2.14. The van der Waals surface area contributed by atoms with Crippen LogP contribution < -0.4 is 10.4 Å². The Hall–Kier alpha value is -2.63. The number of fused-ring (bicyclic) bond motifs is 1. The summed E-state index contributed by atoms with van der Waals surface area (Å²) < 4.78 is 8.90. The van der Waals surface area contributed by atoms with E-state index in [9.17, 15) is 4.79 Å². The van der Waals surface area contributed by atoms with Crippen molar-refractivity contribution in [1.82, 2.24) is 19.1 Å². The van der Waals surface area contributed by atoms with Gasteiger partial charge in [-0.25, -0.2) is 9.78 Å². The van der Waals surface area contributed by atoms with Crippen LogP contribution in [0.4, 0.5) is 0 Å². The molecule has 0 amide bonds. The van der Waals surface area contributed by atoms with Gasteiger partial charge in [0.15, 0.2) is 5.65 Å². The third-order valence-corrected chi connectivity index (χ3v) is 3.14. The van der Waals surface area contributed by atoms with Gasteiger partial charge in [0.2, 0.25) is 5.88 Å². The molecule has 0 unspecified atom stereocenters. The van der Waals surface area contributed by atoms with Crippen molar-refractivity contribution in [2.24, 2.45) is 14.1 Å². The zero-order valence-corrected chi connectivity index (χ0v) is 11.3. The van der Waals surface area contributed by atoms with Gasteiger partial charge in [-0.2, -0.15) is 4.98 Å². The first-order valence-electron chi connectivity index (χ1n) is 6.21. The Morgan fingerprint density at radius 3 is 2.70 bits per heavy atom. The largest absolute Gasteiger partial charge is 0.471 e. The minimum Gasteiger partial charge on any atom is -0.471 e. The van der Waals surface area contributed by atoms with Gasteiger partial charge in [-0.15, -0.1) is 0 Å². The summed E-state index contributed by atoms with van der Waals surface area (Å²) in [7, 11) is 3.49. The number of ether oxygens (including phenoxy) is 1. The molecule has 0 radical (unpaired) electrons. The number of hydrogen-bond donors (Lipinski definition) is 0. The standard InChI is InChI=1S/C14H14N4O2/c1-17-9-15-12-11(17)13(16-14(19)18(12)2)20-8-10-6-4-3-5-7-10/h3-7,9H,8H2,1-2H3. The Kier molecular flexibility index (Phi) is 2.98. The highest BCUT2D eigenvalue weighted by Crippen LogP contribution is 2.20. The molecule has 2 heterocycles. The number of rotatable bonds is 3. The van der Waals surface area contributed by atoms with Crippen LogP contribution in [0.3, 0.4) is 0 Å². The van der Waals surface area contributed by atoms with Crippen LogP contribution in [0.5, 0.6) is 5.88 Å². The maximum absolute atomic E-state index is 11.8. The lowest BCUT2D eigenvalue weighted by Crippen LogP contribution is -2.21. The van der Waals surface area contributed by atoms with Crippen molar-refractivity contribution in [2.75, 3.05) is 0 Å². The molecule has 1 aromatic carbocycles. The smallest absolute Gasteiger partial charge is 0.352 e. The van der Waals surface area contributed by atoms with Crippen LogP contribution in [0.15, 0.2) is 41.5 Å². The molecule has 0 aliphatic heterocycles. The van der Waals surface area contributed by atoms with Gasteiger partial charge in [0.1, 0.15) is 12.1 Å². The van der Waals surface area contributed by atoms with Crippen molar-refractivity contribution in [1.29, 1.82) is 0 Å². The summed E-state index contributed by atoms with van der Waals surface area (Å²) in [5.41, 5.74) is 1.92. The fraction of sp³-hybridized carbons (Fsp3) is 0.214. The first-order valence-corrected chi connectivity index (χ1v) is 6.21. The molecule has 6 heteroatoms. The molecule has 0 saturated carbocycles. The monoisotopic (exact) mass is 270 g/mol. The molecule has 20 heavy (non-hydrogen) atoms. The molecule has 0 saturated heterocycles. The van der Waals surface area contributed by atoms with Gasteiger partial charge >= 0.3 is 5.69 Å². The highest BCUT2D eigenvalue weighted by molar-refractivity contribution is 5.76. The summed E-state index contributed by atoms with van der Waals surface area (Å²) in [4.78, 5) is 20.0. The molecule has 0 aliphatic rings. The predicted molar refractivity (Wildman–Crippen MR) is 74.5 cm³/mol. The summed E-state index contributed by atoms with van der Waals surface area (Å²) in [5, 5.41) is 0. The van der Waals surface area contributed by atoms with Crippen molar-refractivity contribution in [2.45, 2.75) is 6.61 Å². The van der Waals surface area contributed by atoms with E-state index in [-0.39, 0.29) is 5.69 Å². The predicted octanol–water partition coefficient (Wildman–Crippen LogP) is 1.25. The van der Waals surface area contributed by atoms with Gasteiger partial charge in [-0.1, -0.05) is 30.3 Å². The van der Waals surface area contributed by atoms with Crippen LogP contribution in [0.1, 0.15) is 5.56 Å². The minimum absolute atomic E-state index is 0.312. The summed E-state index contributed by atoms with van der Waals surface area (Å²) in [5.74, 6) is 0.312. The molecule has 0 aliphatic carbocycles. The second-order valence-electron chi connectivity index (χ2n) is 4.56. The van der Waals surface area contributed by atoms with Gasteiger partial charge in [-0.05, 0) is 5.56 Å². The number of aryl methyl sites for hydroxylation is 2. The van der Waals surface area contributed by atoms with Gasteiger partial charge in [0.25, 0.3) is 0 Å². The first kappa shape index (κ1) is 12.4. The SMILES string of the molecule is Cn1cnc2c1c(OCc1ccccc1)nc(=O)n2C. The average Bonchev–Trinajstić information content (AvgIpc) is 2.85. The lowest BCUT2D eigenvalue weighted by molar-refractivity contribution is 0.295. The van der Waals surface area contributed by atoms with Crippen LogP contribution in [0, 0.1) is 0 Å². The Morgan fingerprint density at radius 2 is 1.95 bits per heavy atom. The van der Waals surface area contributed by atoms with Crippen LogP contribution in [0.25, 0.3) is 11.2 Å². The van der Waals surface area contributed by atoms with E-state index in [2.05, 4.69) is 9.97 Å². The zero-order chi connectivity index (χ0) is 14.1. The summed E-state index contributed by atoms with van der Waals surface area (Å²) in [6, 6.07) is 9.74. The Bertz CT molecular complexity index is 805. The number of aromatic nitrogens is 4. The van der Waals surface area contributed by atoms with Gasteiger partial charge in [0.05, 0.1) is 6.33 Å². The van der Waals surface area contributed by atoms with Crippen LogP contribution in [-0.2, 0) is 20.7 Å². The number of imidazole rings is 1. The van der Waals surface area contributed by atoms with Crippen molar-refractivity contribution in [3.05, 3.63) is 52.7 Å². The molecule has 102 valence electrons. The highest BCUT2D eigenvalue weighted by atomic mass is 16.5. The van der Waals surface area contributed by atoms with E-state index in [1.165, 1.54) is 4.57 Å². The fourth-order valence-electron chi connectivity index (χ4n) is 2.04. The summed E-state index contributed by atoms with van der Waals surface area (Å²) in [6.07, 6.45) is 1.64. The summed E-state index contributed by atoms with van der Waals surface area (Å²) in [6.45, 7) is 0.362. The number of nitrogens with zero attached hydrogens (tertiary/aromatic N) is 4. The van der Waals surface area contributed by atoms with Crippen LogP contribution >= 0.6 is 0 Å². The maximum Gasteiger partial charge on any atom is 0.352 e. The maximum atomic E-state index is 11.8. The third kappa shape index (κ3) is 2.05. The minimum atomic E-state index is -0.376. The topological polar surface area (TPSA) is 61.9 Å². The van der Waals surface area contributed by atoms with Gasteiger partial charge in [0, 0.05) is 14.1 Å². The molecule has 0 bridgehead atoms. The first-order chi connectivity index (χ1) is 9.66. The van der Waals surface area contributed by atoms with Crippen molar-refractivity contribution < 1.29 is 4.74 Å². The molecule has 2 aromatic heterocycles. The van der Waals surface area contributed by atoms with E-state index in [0.29, 0.717) is 23.7 Å². The molecule has 0 N–H and O–H groups in total. The van der Waals surface area contributed by atoms with E-state index in [1.807, 2.05) is 37.4 Å². The van der Waals surface area contributed by atoms with Gasteiger partial charge in [-0.3, -0.25) is 4.57 Å². The Labute approximate surface area is 115 Å². The van der Waals surface area contributed by atoms with E-state index in [4.69, 9.17) is 4.74 Å². The average molecular weight is 270 g/mol. The normalized spacial score (nSPS) is 10.9. The molecular weight excluding hydrogens is 256 g/mol. The number of benzene rings is 1. The summed E-state index contributed by atoms with van der Waals surface area (Å²) >= 11 is 0. The Balaban J connectivity index is 2.01. The molecule has 3 rings (SSSR count). The van der Waals surface area contributed by atoms with Crippen molar-refractivity contribution in [3.8, 4) is 5.88 Å². The van der Waals surface area contributed by atoms with E-state index >= 15 is 0 Å². The molecule has 6 nitrogen and oxygen atoms in total.